The minimum Gasteiger partial charge on any atom is -0.397 e. The van der Waals surface area contributed by atoms with Crippen LogP contribution in [0, 0.1) is 0 Å². The van der Waals surface area contributed by atoms with Gasteiger partial charge in [0.2, 0.25) is 17.2 Å². The van der Waals surface area contributed by atoms with E-state index in [1.807, 2.05) is 0 Å². The number of benzene rings is 4. The SMILES string of the molecule is C=C(C)C(=O)Nc1cccc(Nc2nc(Cl)nc(Nc3cccc(Nc4cc(S(=O)(=O)O)c(N)c5c4C(=O)c4ccccc4C5=O)c3)n2)c1. The van der Waals surface area contributed by atoms with Crippen molar-refractivity contribution in [1.82, 2.24) is 15.0 Å². The topological polar surface area (TPSA) is 218 Å². The molecule has 1 aromatic heterocycles. The number of nitrogens with zero attached hydrogens (tertiary/aromatic N) is 3. The lowest BCUT2D eigenvalue weighted by atomic mass is 9.82. The van der Waals surface area contributed by atoms with Crippen molar-refractivity contribution in [2.75, 3.05) is 27.0 Å². The van der Waals surface area contributed by atoms with Crippen molar-refractivity contribution >= 4 is 85.2 Å². The minimum atomic E-state index is -4.89. The molecule has 0 saturated carbocycles. The number of rotatable bonds is 9. The molecule has 4 aromatic carbocycles. The molecule has 0 aliphatic heterocycles. The average molecular weight is 697 g/mol. The highest BCUT2D eigenvalue weighted by molar-refractivity contribution is 7.86. The van der Waals surface area contributed by atoms with Gasteiger partial charge in [-0.05, 0) is 61.0 Å². The zero-order chi connectivity index (χ0) is 35.0. The van der Waals surface area contributed by atoms with Gasteiger partial charge in [0.25, 0.3) is 16.0 Å². The molecule has 246 valence electrons. The standard InChI is InChI=1S/C33H25ClN8O6S/c1-16(2)30(45)37-18-8-6-10-20(14-18)39-33-41-31(34)40-32(42-33)38-19-9-5-7-17(13-19)36-23-15-24(49(46,47)48)27(35)26-25(23)28(43)21-11-3-4-12-22(21)29(26)44/h3-15,36H,1,35H2,2H3,(H,37,45)(H,46,47,48)(H2,38,39,40,41,42). The number of aromatic nitrogens is 3. The van der Waals surface area contributed by atoms with Gasteiger partial charge < -0.3 is 27.0 Å². The van der Waals surface area contributed by atoms with Gasteiger partial charge in [-0.25, -0.2) is 0 Å². The van der Waals surface area contributed by atoms with E-state index in [4.69, 9.17) is 17.3 Å². The van der Waals surface area contributed by atoms with Crippen LogP contribution in [0.25, 0.3) is 0 Å². The van der Waals surface area contributed by atoms with Crippen molar-refractivity contribution in [1.29, 1.82) is 0 Å². The van der Waals surface area contributed by atoms with E-state index >= 15 is 0 Å². The van der Waals surface area contributed by atoms with E-state index in [9.17, 15) is 27.4 Å². The number of hydrogen-bond acceptors (Lipinski definition) is 12. The molecule has 0 spiro atoms. The van der Waals surface area contributed by atoms with E-state index in [1.54, 1.807) is 67.6 Å². The van der Waals surface area contributed by atoms with Crippen LogP contribution in [-0.4, -0.2) is 45.4 Å². The van der Waals surface area contributed by atoms with Crippen LogP contribution in [0.2, 0.25) is 5.28 Å². The summed E-state index contributed by atoms with van der Waals surface area (Å²) in [6.07, 6.45) is 0. The zero-order valence-electron chi connectivity index (χ0n) is 25.4. The molecular weight excluding hydrogens is 672 g/mol. The summed E-state index contributed by atoms with van der Waals surface area (Å²) in [7, 11) is -4.89. The van der Waals surface area contributed by atoms with Crippen LogP contribution in [-0.2, 0) is 14.9 Å². The molecule has 49 heavy (non-hydrogen) atoms. The smallest absolute Gasteiger partial charge is 0.296 e. The number of anilines is 8. The van der Waals surface area contributed by atoms with Crippen molar-refractivity contribution in [2.45, 2.75) is 11.8 Å². The van der Waals surface area contributed by atoms with E-state index in [1.165, 1.54) is 12.1 Å². The van der Waals surface area contributed by atoms with Crippen molar-refractivity contribution in [3.63, 3.8) is 0 Å². The number of fused-ring (bicyclic) bond motifs is 2. The summed E-state index contributed by atoms with van der Waals surface area (Å²) in [5.41, 5.74) is 7.38. The Kier molecular flexibility index (Phi) is 8.56. The molecule has 1 heterocycles. The predicted octanol–water partition coefficient (Wildman–Crippen LogP) is 5.87. The minimum absolute atomic E-state index is 0.0577. The lowest BCUT2D eigenvalue weighted by Crippen LogP contribution is -2.25. The van der Waals surface area contributed by atoms with Crippen LogP contribution in [0.4, 0.5) is 46.0 Å². The molecule has 0 atom stereocenters. The van der Waals surface area contributed by atoms with Gasteiger partial charge in [-0.15, -0.1) is 0 Å². The maximum atomic E-state index is 13.6. The van der Waals surface area contributed by atoms with E-state index in [0.717, 1.165) is 6.07 Å². The lowest BCUT2D eigenvalue weighted by Gasteiger charge is -2.23. The summed E-state index contributed by atoms with van der Waals surface area (Å²) < 4.78 is 34.5. The summed E-state index contributed by atoms with van der Waals surface area (Å²) in [5, 5.41) is 11.6. The Hall–Kier alpha value is -6.16. The average Bonchev–Trinajstić information content (AvgIpc) is 3.03. The summed E-state index contributed by atoms with van der Waals surface area (Å²) in [6.45, 7) is 5.22. The van der Waals surface area contributed by atoms with Crippen molar-refractivity contribution in [3.05, 3.63) is 119 Å². The molecule has 14 nitrogen and oxygen atoms in total. The number of hydrogen-bond donors (Lipinski definition) is 6. The third-order valence-corrected chi connectivity index (χ3v) is 8.31. The van der Waals surface area contributed by atoms with Gasteiger partial charge in [0.15, 0.2) is 11.6 Å². The third kappa shape index (κ3) is 6.80. The van der Waals surface area contributed by atoms with Gasteiger partial charge in [0, 0.05) is 39.4 Å². The quantitative estimate of drug-likeness (QED) is 0.0592. The summed E-state index contributed by atoms with van der Waals surface area (Å²) >= 11 is 6.19. The largest absolute Gasteiger partial charge is 0.397 e. The molecule has 1 amide bonds. The van der Waals surface area contributed by atoms with Crippen molar-refractivity contribution in [3.8, 4) is 0 Å². The van der Waals surface area contributed by atoms with Gasteiger partial charge in [0.05, 0.1) is 22.5 Å². The Labute approximate surface area is 284 Å². The Morgan fingerprint density at radius 2 is 1.29 bits per heavy atom. The lowest BCUT2D eigenvalue weighted by molar-refractivity contribution is -0.112. The Morgan fingerprint density at radius 3 is 1.84 bits per heavy atom. The van der Waals surface area contributed by atoms with Crippen molar-refractivity contribution in [2.24, 2.45) is 0 Å². The number of ketones is 2. The van der Waals surface area contributed by atoms with Crippen LogP contribution >= 0.6 is 11.6 Å². The Balaban J connectivity index is 1.29. The van der Waals surface area contributed by atoms with Crippen LogP contribution < -0.4 is 27.0 Å². The molecule has 0 bridgehead atoms. The second-order valence-corrected chi connectivity index (χ2v) is 12.5. The van der Waals surface area contributed by atoms with Crippen LogP contribution in [0.5, 0.6) is 0 Å². The molecule has 7 N–H and O–H groups in total. The van der Waals surface area contributed by atoms with E-state index in [0.29, 0.717) is 28.3 Å². The molecule has 1 aliphatic carbocycles. The number of nitrogen functional groups attached to an aromatic ring is 1. The third-order valence-electron chi connectivity index (χ3n) is 7.25. The molecule has 16 heteroatoms. The highest BCUT2D eigenvalue weighted by Gasteiger charge is 2.36. The maximum Gasteiger partial charge on any atom is 0.296 e. The first-order valence-corrected chi connectivity index (χ1v) is 16.1. The van der Waals surface area contributed by atoms with Gasteiger partial charge in [-0.2, -0.15) is 23.4 Å². The first-order chi connectivity index (χ1) is 23.3. The fourth-order valence-corrected chi connectivity index (χ4v) is 5.88. The molecule has 1 aliphatic rings. The molecule has 0 unspecified atom stereocenters. The fraction of sp³-hybridized carbons (Fsp3) is 0.0303. The van der Waals surface area contributed by atoms with Crippen molar-refractivity contribution < 1.29 is 27.4 Å². The normalized spacial score (nSPS) is 12.1. The molecular formula is C33H25ClN8O6S. The zero-order valence-corrected chi connectivity index (χ0v) is 27.0. The first-order valence-electron chi connectivity index (χ1n) is 14.3. The molecule has 0 saturated heterocycles. The second kappa shape index (κ2) is 12.8. The molecule has 0 radical (unpaired) electrons. The molecule has 5 aromatic rings. The fourth-order valence-electron chi connectivity index (χ4n) is 5.07. The summed E-state index contributed by atoms with van der Waals surface area (Å²) in [4.78, 5) is 51.0. The van der Waals surface area contributed by atoms with Crippen LogP contribution in [0.1, 0.15) is 38.8 Å². The van der Waals surface area contributed by atoms with Gasteiger partial charge in [-0.3, -0.25) is 18.9 Å². The number of amides is 1. The van der Waals surface area contributed by atoms with Gasteiger partial charge in [-0.1, -0.05) is 43.0 Å². The van der Waals surface area contributed by atoms with E-state index in [2.05, 4.69) is 42.8 Å². The number of halogens is 1. The predicted molar refractivity (Wildman–Crippen MR) is 185 cm³/mol. The second-order valence-electron chi connectivity index (χ2n) is 10.8. The van der Waals surface area contributed by atoms with Crippen LogP contribution in [0.15, 0.2) is 95.9 Å². The Morgan fingerprint density at radius 1 is 0.776 bits per heavy atom. The summed E-state index contributed by atoms with van der Waals surface area (Å²) in [6, 6.07) is 20.5. The number of nitrogens with one attached hydrogen (secondary N) is 4. The number of nitrogens with two attached hydrogens (primary N) is 1. The maximum absolute atomic E-state index is 13.6. The van der Waals surface area contributed by atoms with Gasteiger partial charge >= 0.3 is 0 Å². The number of carbonyl (C=O) groups excluding carboxylic acids is 3. The molecule has 6 rings (SSSR count). The van der Waals surface area contributed by atoms with Gasteiger partial charge in [0.1, 0.15) is 4.90 Å². The highest BCUT2D eigenvalue weighted by Crippen LogP contribution is 2.40. The number of carbonyl (C=O) groups is 3. The first kappa shape index (κ1) is 32.8. The summed E-state index contributed by atoms with van der Waals surface area (Å²) in [5.74, 6) is -1.40. The van der Waals surface area contributed by atoms with Crippen LogP contribution in [0.3, 0.4) is 0 Å². The Bertz CT molecular complexity index is 2350. The monoisotopic (exact) mass is 696 g/mol. The van der Waals surface area contributed by atoms with E-state index in [-0.39, 0.29) is 51.0 Å². The highest BCUT2D eigenvalue weighted by atomic mass is 35.5. The molecule has 0 fully saturated rings. The van der Waals surface area contributed by atoms with E-state index < -0.39 is 32.3 Å².